The zero-order valence-electron chi connectivity index (χ0n) is 9.36. The molecule has 2 heterocycles. The Balaban J connectivity index is 1.84. The summed E-state index contributed by atoms with van der Waals surface area (Å²) in [5, 5.41) is 14.0. The van der Waals surface area contributed by atoms with Gasteiger partial charge in [-0.2, -0.15) is 0 Å². The number of halogens is 1. The van der Waals surface area contributed by atoms with Gasteiger partial charge in [0.1, 0.15) is 0 Å². The Labute approximate surface area is 108 Å². The second-order valence-corrected chi connectivity index (χ2v) is 5.14. The molecule has 2 aromatic heterocycles. The maximum Gasteiger partial charge on any atom is 0.315 e. The van der Waals surface area contributed by atoms with E-state index in [9.17, 15) is 0 Å². The number of hydrogen-bond donors (Lipinski definition) is 2. The van der Waals surface area contributed by atoms with Crippen molar-refractivity contribution in [3.8, 4) is 0 Å². The van der Waals surface area contributed by atoms with Crippen LogP contribution in [0.15, 0.2) is 16.5 Å². The standard InChI is InChI=1S/C10H13ClN4OS/c1-2-12-6-9-14-15-10(16-9)13-5-7-3-4-8(11)17-7/h3-4,12H,2,5-6H2,1H3,(H,13,15). The first-order chi connectivity index (χ1) is 8.28. The lowest BCUT2D eigenvalue weighted by atomic mass is 10.5. The summed E-state index contributed by atoms with van der Waals surface area (Å²) in [6.07, 6.45) is 0. The van der Waals surface area contributed by atoms with E-state index in [1.54, 1.807) is 0 Å². The smallest absolute Gasteiger partial charge is 0.315 e. The minimum Gasteiger partial charge on any atom is -0.407 e. The molecular weight excluding hydrogens is 260 g/mol. The third kappa shape index (κ3) is 3.69. The lowest BCUT2D eigenvalue weighted by Crippen LogP contribution is -2.11. The van der Waals surface area contributed by atoms with Crippen LogP contribution in [0.1, 0.15) is 17.7 Å². The molecule has 0 aliphatic rings. The summed E-state index contributed by atoms with van der Waals surface area (Å²) in [6.45, 7) is 4.13. The van der Waals surface area contributed by atoms with Gasteiger partial charge in [0.25, 0.3) is 0 Å². The Morgan fingerprint density at radius 3 is 2.94 bits per heavy atom. The fourth-order valence-electron chi connectivity index (χ4n) is 1.24. The van der Waals surface area contributed by atoms with Gasteiger partial charge in [0.05, 0.1) is 17.4 Å². The molecule has 17 heavy (non-hydrogen) atoms. The van der Waals surface area contributed by atoms with Crippen molar-refractivity contribution < 1.29 is 4.42 Å². The second-order valence-electron chi connectivity index (χ2n) is 3.34. The molecule has 2 aromatic rings. The van der Waals surface area contributed by atoms with E-state index >= 15 is 0 Å². The molecule has 0 bridgehead atoms. The van der Waals surface area contributed by atoms with Gasteiger partial charge in [0.2, 0.25) is 5.89 Å². The van der Waals surface area contributed by atoms with Crippen molar-refractivity contribution in [3.63, 3.8) is 0 Å². The predicted molar refractivity (Wildman–Crippen MR) is 68.3 cm³/mol. The lowest BCUT2D eigenvalue weighted by Gasteiger charge is -1.97. The third-order valence-corrected chi connectivity index (χ3v) is 3.27. The number of anilines is 1. The van der Waals surface area contributed by atoms with E-state index in [-0.39, 0.29) is 0 Å². The molecule has 7 heteroatoms. The highest BCUT2D eigenvalue weighted by molar-refractivity contribution is 7.16. The van der Waals surface area contributed by atoms with Gasteiger partial charge in [-0.05, 0) is 18.7 Å². The van der Waals surface area contributed by atoms with Crippen LogP contribution < -0.4 is 10.6 Å². The monoisotopic (exact) mass is 272 g/mol. The van der Waals surface area contributed by atoms with Crippen LogP contribution in [0.5, 0.6) is 0 Å². The molecule has 2 rings (SSSR count). The Kier molecular flexibility index (Phi) is 4.36. The lowest BCUT2D eigenvalue weighted by molar-refractivity contribution is 0.481. The zero-order valence-corrected chi connectivity index (χ0v) is 10.9. The van der Waals surface area contributed by atoms with Crippen LogP contribution in [0, 0.1) is 0 Å². The van der Waals surface area contributed by atoms with Crippen molar-refractivity contribution in [2.45, 2.75) is 20.0 Å². The first-order valence-electron chi connectivity index (χ1n) is 5.29. The van der Waals surface area contributed by atoms with E-state index in [0.29, 0.717) is 25.0 Å². The number of aromatic nitrogens is 2. The molecule has 0 amide bonds. The van der Waals surface area contributed by atoms with Crippen molar-refractivity contribution >= 4 is 29.0 Å². The highest BCUT2D eigenvalue weighted by Gasteiger charge is 2.05. The molecule has 0 aliphatic carbocycles. The maximum atomic E-state index is 5.83. The van der Waals surface area contributed by atoms with Crippen molar-refractivity contribution in [3.05, 3.63) is 27.2 Å². The van der Waals surface area contributed by atoms with E-state index in [0.717, 1.165) is 15.8 Å². The van der Waals surface area contributed by atoms with Gasteiger partial charge in [-0.1, -0.05) is 23.6 Å². The SMILES string of the molecule is CCNCc1nnc(NCc2ccc(Cl)s2)o1. The molecule has 2 N–H and O–H groups in total. The maximum absolute atomic E-state index is 5.83. The summed E-state index contributed by atoms with van der Waals surface area (Å²) in [5.74, 6) is 0.582. The molecule has 0 unspecified atom stereocenters. The molecule has 0 aliphatic heterocycles. The van der Waals surface area contributed by atoms with E-state index in [4.69, 9.17) is 16.0 Å². The molecule has 0 radical (unpaired) electrons. The Bertz CT molecular complexity index is 470. The quantitative estimate of drug-likeness (QED) is 0.846. The predicted octanol–water partition coefficient (Wildman–Crippen LogP) is 2.51. The third-order valence-electron chi connectivity index (χ3n) is 2.04. The summed E-state index contributed by atoms with van der Waals surface area (Å²) in [5.41, 5.74) is 0. The Hall–Kier alpha value is -1.11. The van der Waals surface area contributed by atoms with Crippen LogP contribution in [-0.2, 0) is 13.1 Å². The van der Waals surface area contributed by atoms with Gasteiger partial charge in [-0.3, -0.25) is 0 Å². The van der Waals surface area contributed by atoms with Crippen molar-refractivity contribution in [2.24, 2.45) is 0 Å². The van der Waals surface area contributed by atoms with Gasteiger partial charge in [-0.15, -0.1) is 16.4 Å². The zero-order chi connectivity index (χ0) is 12.1. The topological polar surface area (TPSA) is 63.0 Å². The average Bonchev–Trinajstić information content (AvgIpc) is 2.93. The van der Waals surface area contributed by atoms with Crippen molar-refractivity contribution in [1.29, 1.82) is 0 Å². The molecular formula is C10H13ClN4OS. The van der Waals surface area contributed by atoms with Crippen molar-refractivity contribution in [1.82, 2.24) is 15.5 Å². The molecule has 0 saturated carbocycles. The van der Waals surface area contributed by atoms with Gasteiger partial charge in [0, 0.05) is 4.88 Å². The van der Waals surface area contributed by atoms with Crippen LogP contribution >= 0.6 is 22.9 Å². The first-order valence-corrected chi connectivity index (χ1v) is 6.48. The van der Waals surface area contributed by atoms with Crippen LogP contribution in [0.3, 0.4) is 0 Å². The Morgan fingerprint density at radius 2 is 2.24 bits per heavy atom. The van der Waals surface area contributed by atoms with Gasteiger partial charge < -0.3 is 15.1 Å². The molecule has 5 nitrogen and oxygen atoms in total. The van der Waals surface area contributed by atoms with E-state index < -0.39 is 0 Å². The summed E-state index contributed by atoms with van der Waals surface area (Å²) in [6, 6.07) is 4.27. The summed E-state index contributed by atoms with van der Waals surface area (Å²) in [4.78, 5) is 1.13. The molecule has 92 valence electrons. The summed E-state index contributed by atoms with van der Waals surface area (Å²) < 4.78 is 6.17. The van der Waals surface area contributed by atoms with Gasteiger partial charge in [-0.25, -0.2) is 0 Å². The van der Waals surface area contributed by atoms with Gasteiger partial charge in [0.15, 0.2) is 0 Å². The van der Waals surface area contributed by atoms with E-state index in [2.05, 4.69) is 20.8 Å². The highest BCUT2D eigenvalue weighted by Crippen LogP contribution is 2.22. The largest absolute Gasteiger partial charge is 0.407 e. The Morgan fingerprint density at radius 1 is 1.35 bits per heavy atom. The number of thiophene rings is 1. The fraction of sp³-hybridized carbons (Fsp3) is 0.400. The van der Waals surface area contributed by atoms with E-state index in [1.807, 2.05) is 19.1 Å². The second kappa shape index (κ2) is 6.00. The number of nitrogens with one attached hydrogen (secondary N) is 2. The molecule has 0 aromatic carbocycles. The van der Waals surface area contributed by atoms with E-state index in [1.165, 1.54) is 11.3 Å². The number of hydrogen-bond acceptors (Lipinski definition) is 6. The normalized spacial score (nSPS) is 10.7. The summed E-state index contributed by atoms with van der Waals surface area (Å²) >= 11 is 7.36. The van der Waals surface area contributed by atoms with Crippen molar-refractivity contribution in [2.75, 3.05) is 11.9 Å². The van der Waals surface area contributed by atoms with Crippen LogP contribution in [0.4, 0.5) is 6.01 Å². The minimum atomic E-state index is 0.433. The highest BCUT2D eigenvalue weighted by atomic mass is 35.5. The average molecular weight is 273 g/mol. The molecule has 0 fully saturated rings. The van der Waals surface area contributed by atoms with Gasteiger partial charge >= 0.3 is 6.01 Å². The molecule has 0 spiro atoms. The fourth-order valence-corrected chi connectivity index (χ4v) is 2.27. The minimum absolute atomic E-state index is 0.433. The number of nitrogens with zero attached hydrogens (tertiary/aromatic N) is 2. The number of rotatable bonds is 6. The van der Waals surface area contributed by atoms with Crippen LogP contribution in [0.2, 0.25) is 4.34 Å². The van der Waals surface area contributed by atoms with Crippen LogP contribution in [0.25, 0.3) is 0 Å². The molecule has 0 atom stereocenters. The summed E-state index contributed by atoms with van der Waals surface area (Å²) in [7, 11) is 0. The van der Waals surface area contributed by atoms with Crippen LogP contribution in [-0.4, -0.2) is 16.7 Å². The first kappa shape index (κ1) is 12.3. The molecule has 0 saturated heterocycles.